The van der Waals surface area contributed by atoms with Gasteiger partial charge in [0.1, 0.15) is 0 Å². The molecule has 1 aromatic rings. The second kappa shape index (κ2) is 7.58. The molecule has 0 radical (unpaired) electrons. The van der Waals surface area contributed by atoms with E-state index in [4.69, 9.17) is 0 Å². The van der Waals surface area contributed by atoms with Gasteiger partial charge in [-0.3, -0.25) is 4.72 Å². The molecule has 0 spiro atoms. The molecule has 0 aromatic heterocycles. The van der Waals surface area contributed by atoms with Gasteiger partial charge in [0.2, 0.25) is 0 Å². The van der Waals surface area contributed by atoms with Gasteiger partial charge in [-0.2, -0.15) is 12.7 Å². The number of nitrogens with one attached hydrogen (secondary N) is 2. The van der Waals surface area contributed by atoms with E-state index >= 15 is 0 Å². The van der Waals surface area contributed by atoms with E-state index in [1.54, 1.807) is 10.4 Å². The molecule has 0 bridgehead atoms. The minimum Gasteiger partial charge on any atom is -0.317 e. The van der Waals surface area contributed by atoms with Crippen LogP contribution in [0.25, 0.3) is 0 Å². The zero-order valence-electron chi connectivity index (χ0n) is 12.2. The summed E-state index contributed by atoms with van der Waals surface area (Å²) >= 11 is 3.36. The SMILES string of the molecule is CCNCC1CCCN(S(=O)(=O)Nc2ccccc2Br)C1. The van der Waals surface area contributed by atoms with Crippen LogP contribution in [0.3, 0.4) is 0 Å². The lowest BCUT2D eigenvalue weighted by Crippen LogP contribution is -2.45. The quantitative estimate of drug-likeness (QED) is 0.802. The van der Waals surface area contributed by atoms with Gasteiger partial charge in [0.25, 0.3) is 0 Å². The van der Waals surface area contributed by atoms with Crippen molar-refractivity contribution in [1.82, 2.24) is 9.62 Å². The number of anilines is 1. The third-order valence-electron chi connectivity index (χ3n) is 3.62. The van der Waals surface area contributed by atoms with E-state index in [1.807, 2.05) is 18.2 Å². The summed E-state index contributed by atoms with van der Waals surface area (Å²) in [6, 6.07) is 7.24. The summed E-state index contributed by atoms with van der Waals surface area (Å²) in [5.41, 5.74) is 0.575. The zero-order valence-corrected chi connectivity index (χ0v) is 14.6. The summed E-state index contributed by atoms with van der Waals surface area (Å²) in [5.74, 6) is 0.384. The van der Waals surface area contributed by atoms with Gasteiger partial charge in [-0.15, -0.1) is 0 Å². The predicted octanol–water partition coefficient (Wildman–Crippen LogP) is 2.43. The third kappa shape index (κ3) is 4.67. The number of nitrogens with zero attached hydrogens (tertiary/aromatic N) is 1. The highest BCUT2D eigenvalue weighted by Gasteiger charge is 2.28. The number of para-hydroxylation sites is 1. The molecule has 1 saturated heterocycles. The summed E-state index contributed by atoms with van der Waals surface area (Å²) in [6.07, 6.45) is 1.99. The summed E-state index contributed by atoms with van der Waals surface area (Å²) in [4.78, 5) is 0. The minimum atomic E-state index is -3.49. The second-order valence-corrected chi connectivity index (χ2v) is 7.79. The standard InChI is InChI=1S/C14H22BrN3O2S/c1-2-16-10-12-6-5-9-18(11-12)21(19,20)17-14-8-4-3-7-13(14)15/h3-4,7-8,12,16-17H,2,5-6,9-11H2,1H3. The van der Waals surface area contributed by atoms with Crippen molar-refractivity contribution in [2.75, 3.05) is 30.9 Å². The second-order valence-electron chi connectivity index (χ2n) is 5.26. The third-order valence-corrected chi connectivity index (χ3v) is 5.80. The van der Waals surface area contributed by atoms with E-state index in [0.29, 0.717) is 24.7 Å². The van der Waals surface area contributed by atoms with E-state index in [1.165, 1.54) is 0 Å². The van der Waals surface area contributed by atoms with Crippen molar-refractivity contribution >= 4 is 31.8 Å². The summed E-state index contributed by atoms with van der Waals surface area (Å²) in [7, 11) is -3.49. The molecule has 0 aliphatic carbocycles. The van der Waals surface area contributed by atoms with Crippen LogP contribution in [0.4, 0.5) is 5.69 Å². The molecule has 21 heavy (non-hydrogen) atoms. The molecular formula is C14H22BrN3O2S. The molecule has 2 N–H and O–H groups in total. The first-order chi connectivity index (χ1) is 10.0. The first kappa shape index (κ1) is 16.7. The van der Waals surface area contributed by atoms with Crippen molar-refractivity contribution in [1.29, 1.82) is 0 Å². The Bertz CT molecular complexity index is 565. The van der Waals surface area contributed by atoms with Crippen molar-refractivity contribution in [2.45, 2.75) is 19.8 Å². The van der Waals surface area contributed by atoms with Gasteiger partial charge >= 0.3 is 10.2 Å². The van der Waals surface area contributed by atoms with Crippen LogP contribution in [0, 0.1) is 5.92 Å². The largest absolute Gasteiger partial charge is 0.317 e. The number of benzene rings is 1. The van der Waals surface area contributed by atoms with Crippen molar-refractivity contribution in [3.05, 3.63) is 28.7 Å². The molecule has 0 amide bonds. The van der Waals surface area contributed by atoms with Crippen LogP contribution in [0.1, 0.15) is 19.8 Å². The molecule has 0 saturated carbocycles. The number of rotatable bonds is 6. The summed E-state index contributed by atoms with van der Waals surface area (Å²) in [6.45, 7) is 5.01. The van der Waals surface area contributed by atoms with Gasteiger partial charge in [-0.05, 0) is 59.9 Å². The van der Waals surface area contributed by atoms with Crippen LogP contribution in [0.15, 0.2) is 28.7 Å². The maximum Gasteiger partial charge on any atom is 0.301 e. The molecule has 2 rings (SSSR count). The van der Waals surface area contributed by atoms with Crippen LogP contribution in [-0.2, 0) is 10.2 Å². The molecule has 1 aliphatic rings. The fourth-order valence-corrected chi connectivity index (χ4v) is 4.38. The van der Waals surface area contributed by atoms with Gasteiger partial charge in [0.15, 0.2) is 0 Å². The monoisotopic (exact) mass is 375 g/mol. The average Bonchev–Trinajstić information content (AvgIpc) is 2.48. The Morgan fingerprint density at radius 2 is 2.14 bits per heavy atom. The smallest absolute Gasteiger partial charge is 0.301 e. The Kier molecular flexibility index (Phi) is 6.04. The molecule has 1 unspecified atom stereocenters. The molecule has 1 heterocycles. The van der Waals surface area contributed by atoms with Crippen molar-refractivity contribution in [2.24, 2.45) is 5.92 Å². The molecule has 5 nitrogen and oxygen atoms in total. The number of piperidine rings is 1. The maximum atomic E-state index is 12.5. The topological polar surface area (TPSA) is 61.4 Å². The van der Waals surface area contributed by atoms with Crippen LogP contribution in [0.5, 0.6) is 0 Å². The molecule has 1 atom stereocenters. The number of hydrogen-bond acceptors (Lipinski definition) is 3. The molecule has 1 aromatic carbocycles. The fraction of sp³-hybridized carbons (Fsp3) is 0.571. The van der Waals surface area contributed by atoms with Crippen molar-refractivity contribution in [3.8, 4) is 0 Å². The lowest BCUT2D eigenvalue weighted by molar-refractivity contribution is 0.262. The first-order valence-corrected chi connectivity index (χ1v) is 9.49. The van der Waals surface area contributed by atoms with Crippen LogP contribution in [-0.4, -0.2) is 38.9 Å². The normalized spacial score (nSPS) is 20.4. The zero-order chi connectivity index (χ0) is 15.3. The average molecular weight is 376 g/mol. The maximum absolute atomic E-state index is 12.5. The number of hydrogen-bond donors (Lipinski definition) is 2. The highest BCUT2D eigenvalue weighted by Crippen LogP contribution is 2.25. The van der Waals surface area contributed by atoms with E-state index in [0.717, 1.165) is 30.4 Å². The highest BCUT2D eigenvalue weighted by molar-refractivity contribution is 9.10. The van der Waals surface area contributed by atoms with Crippen LogP contribution < -0.4 is 10.0 Å². The summed E-state index contributed by atoms with van der Waals surface area (Å²) < 4.78 is 30.0. The predicted molar refractivity (Wildman–Crippen MR) is 89.5 cm³/mol. The number of halogens is 1. The molecule has 1 fully saturated rings. The Balaban J connectivity index is 2.03. The van der Waals surface area contributed by atoms with E-state index in [2.05, 4.69) is 32.9 Å². The van der Waals surface area contributed by atoms with Gasteiger partial charge in [-0.25, -0.2) is 0 Å². The van der Waals surface area contributed by atoms with Gasteiger partial charge in [-0.1, -0.05) is 19.1 Å². The fourth-order valence-electron chi connectivity index (χ4n) is 2.51. The van der Waals surface area contributed by atoms with Crippen molar-refractivity contribution in [3.63, 3.8) is 0 Å². The summed E-state index contributed by atoms with van der Waals surface area (Å²) in [5, 5.41) is 3.30. The van der Waals surface area contributed by atoms with Gasteiger partial charge in [0.05, 0.1) is 5.69 Å². The molecule has 7 heteroatoms. The van der Waals surface area contributed by atoms with Gasteiger partial charge < -0.3 is 5.32 Å². The molecule has 118 valence electrons. The lowest BCUT2D eigenvalue weighted by Gasteiger charge is -2.32. The molecule has 1 aliphatic heterocycles. The van der Waals surface area contributed by atoms with E-state index in [-0.39, 0.29) is 0 Å². The van der Waals surface area contributed by atoms with E-state index in [9.17, 15) is 8.42 Å². The Morgan fingerprint density at radius 1 is 1.38 bits per heavy atom. The molecular weight excluding hydrogens is 354 g/mol. The minimum absolute atomic E-state index is 0.384. The van der Waals surface area contributed by atoms with E-state index < -0.39 is 10.2 Å². The first-order valence-electron chi connectivity index (χ1n) is 7.26. The Morgan fingerprint density at radius 3 is 2.86 bits per heavy atom. The highest BCUT2D eigenvalue weighted by atomic mass is 79.9. The Hall–Kier alpha value is -0.630. The van der Waals surface area contributed by atoms with Gasteiger partial charge in [0, 0.05) is 17.6 Å². The Labute approximate surface area is 135 Å². The van der Waals surface area contributed by atoms with Crippen LogP contribution >= 0.6 is 15.9 Å². The lowest BCUT2D eigenvalue weighted by atomic mass is 10.00. The van der Waals surface area contributed by atoms with Crippen molar-refractivity contribution < 1.29 is 8.42 Å². The van der Waals surface area contributed by atoms with Crippen LogP contribution in [0.2, 0.25) is 0 Å².